The Balaban J connectivity index is 2.73. The van der Waals surface area contributed by atoms with Gasteiger partial charge < -0.3 is 0 Å². The van der Waals surface area contributed by atoms with Gasteiger partial charge in [-0.15, -0.1) is 11.6 Å². The highest BCUT2D eigenvalue weighted by molar-refractivity contribution is 6.31. The fourth-order valence-corrected chi connectivity index (χ4v) is 1.30. The third kappa shape index (κ3) is 3.75. The maximum atomic E-state index is 11.7. The first-order valence-corrected chi connectivity index (χ1v) is 5.64. The molecule has 0 heterocycles. The number of anilines is 1. The molecule has 1 atom stereocenters. The number of rotatable bonds is 2. The van der Waals surface area contributed by atoms with Crippen LogP contribution in [0.15, 0.2) is 24.3 Å². The van der Waals surface area contributed by atoms with Crippen molar-refractivity contribution in [2.75, 3.05) is 11.9 Å². The Labute approximate surface area is 106 Å². The van der Waals surface area contributed by atoms with E-state index in [-0.39, 0.29) is 0 Å². The molecule has 5 heteroatoms. The molecule has 1 rings (SSSR count). The van der Waals surface area contributed by atoms with Crippen LogP contribution in [0.2, 0.25) is 0 Å². The van der Waals surface area contributed by atoms with Gasteiger partial charge in [0.25, 0.3) is 0 Å². The van der Waals surface area contributed by atoms with Crippen molar-refractivity contribution in [2.24, 2.45) is 0 Å². The summed E-state index contributed by atoms with van der Waals surface area (Å²) in [5, 5.41) is 1.48. The maximum absolute atomic E-state index is 11.7. The third-order valence-electron chi connectivity index (χ3n) is 2.29. The van der Waals surface area contributed by atoms with Gasteiger partial charge in [0.15, 0.2) is 0 Å². The van der Waals surface area contributed by atoms with Gasteiger partial charge in [-0.3, -0.25) is 15.0 Å². The van der Waals surface area contributed by atoms with Crippen molar-refractivity contribution in [1.82, 2.24) is 5.32 Å². The van der Waals surface area contributed by atoms with E-state index in [0.29, 0.717) is 0 Å². The Hall–Kier alpha value is -1.55. The first-order valence-electron chi connectivity index (χ1n) is 5.21. The van der Waals surface area contributed by atoms with Gasteiger partial charge in [-0.05, 0) is 31.5 Å². The van der Waals surface area contributed by atoms with Crippen molar-refractivity contribution >= 4 is 29.2 Å². The van der Waals surface area contributed by atoms with E-state index in [1.54, 1.807) is 13.1 Å². The Morgan fingerprint density at radius 2 is 2.06 bits per heavy atom. The zero-order valence-corrected chi connectivity index (χ0v) is 10.8. The van der Waals surface area contributed by atoms with Crippen molar-refractivity contribution in [3.05, 3.63) is 29.8 Å². The van der Waals surface area contributed by atoms with Crippen LogP contribution in [0, 0.1) is 6.92 Å². The number of urea groups is 1. The number of carbonyl (C=O) groups excluding carboxylic acids is 2. The van der Waals surface area contributed by atoms with Crippen LogP contribution in [0.5, 0.6) is 0 Å². The summed E-state index contributed by atoms with van der Waals surface area (Å²) in [6.45, 7) is 3.44. The molecule has 17 heavy (non-hydrogen) atoms. The first-order chi connectivity index (χ1) is 7.91. The van der Waals surface area contributed by atoms with Gasteiger partial charge in [0.2, 0.25) is 5.91 Å². The standard InChI is InChI=1S/C12H15ClN2O2/c1-8-5-4-6-10(7-8)15(3)12(17)14-11(16)9(2)13/h4-7,9H,1-3H3,(H,14,16,17). The average Bonchev–Trinajstić information content (AvgIpc) is 2.27. The average molecular weight is 255 g/mol. The lowest BCUT2D eigenvalue weighted by atomic mass is 10.2. The molecule has 0 fully saturated rings. The number of carbonyl (C=O) groups is 2. The smallest absolute Gasteiger partial charge is 0.297 e. The summed E-state index contributed by atoms with van der Waals surface area (Å²) in [7, 11) is 1.59. The maximum Gasteiger partial charge on any atom is 0.328 e. The molecule has 0 bridgehead atoms. The first kappa shape index (κ1) is 13.5. The minimum absolute atomic E-state index is 0.492. The Bertz CT molecular complexity index is 432. The van der Waals surface area contributed by atoms with Crippen LogP contribution in [-0.2, 0) is 4.79 Å². The van der Waals surface area contributed by atoms with E-state index >= 15 is 0 Å². The minimum atomic E-state index is -0.732. The summed E-state index contributed by atoms with van der Waals surface area (Å²) in [4.78, 5) is 24.3. The molecule has 0 aliphatic carbocycles. The molecular formula is C12H15ClN2O2. The number of alkyl halides is 1. The number of aryl methyl sites for hydroxylation is 1. The number of nitrogens with zero attached hydrogens (tertiary/aromatic N) is 1. The normalized spacial score (nSPS) is 11.8. The van der Waals surface area contributed by atoms with Crippen molar-refractivity contribution < 1.29 is 9.59 Å². The molecule has 1 aromatic rings. The number of halogens is 1. The Kier molecular flexibility index (Phi) is 4.52. The molecule has 0 aliphatic rings. The lowest BCUT2D eigenvalue weighted by Crippen LogP contribution is -2.43. The van der Waals surface area contributed by atoms with Crippen LogP contribution < -0.4 is 10.2 Å². The molecule has 0 spiro atoms. The molecule has 1 aromatic carbocycles. The SMILES string of the molecule is Cc1cccc(N(C)C(=O)NC(=O)C(C)Cl)c1. The number of imide groups is 1. The molecule has 1 unspecified atom stereocenters. The number of amides is 3. The van der Waals surface area contributed by atoms with Gasteiger partial charge in [-0.25, -0.2) is 4.79 Å². The fraction of sp³-hybridized carbons (Fsp3) is 0.333. The van der Waals surface area contributed by atoms with Crippen LogP contribution in [0.25, 0.3) is 0 Å². The summed E-state index contributed by atoms with van der Waals surface area (Å²) in [5.74, 6) is -0.504. The van der Waals surface area contributed by atoms with E-state index in [4.69, 9.17) is 11.6 Å². The van der Waals surface area contributed by atoms with E-state index < -0.39 is 17.3 Å². The van der Waals surface area contributed by atoms with E-state index in [2.05, 4.69) is 5.32 Å². The molecule has 0 saturated carbocycles. The fourth-order valence-electron chi connectivity index (χ4n) is 1.24. The second kappa shape index (κ2) is 5.68. The predicted octanol–water partition coefficient (Wildman–Crippen LogP) is 2.29. The van der Waals surface area contributed by atoms with Crippen molar-refractivity contribution in [1.29, 1.82) is 0 Å². The minimum Gasteiger partial charge on any atom is -0.297 e. The van der Waals surface area contributed by atoms with Gasteiger partial charge in [-0.2, -0.15) is 0 Å². The number of benzene rings is 1. The second-order valence-corrected chi connectivity index (χ2v) is 4.46. The van der Waals surface area contributed by atoms with Crippen LogP contribution >= 0.6 is 11.6 Å². The van der Waals surface area contributed by atoms with Crippen LogP contribution in [0.1, 0.15) is 12.5 Å². The molecular weight excluding hydrogens is 240 g/mol. The monoisotopic (exact) mass is 254 g/mol. The van der Waals surface area contributed by atoms with Gasteiger partial charge >= 0.3 is 6.03 Å². The lowest BCUT2D eigenvalue weighted by molar-refractivity contribution is -0.119. The summed E-state index contributed by atoms with van der Waals surface area (Å²) >= 11 is 5.57. The Morgan fingerprint density at radius 3 is 2.59 bits per heavy atom. The topological polar surface area (TPSA) is 49.4 Å². The molecule has 0 radical (unpaired) electrons. The second-order valence-electron chi connectivity index (χ2n) is 3.81. The highest BCUT2D eigenvalue weighted by atomic mass is 35.5. The molecule has 3 amide bonds. The van der Waals surface area contributed by atoms with Gasteiger partial charge in [0.05, 0.1) is 0 Å². The lowest BCUT2D eigenvalue weighted by Gasteiger charge is -2.18. The highest BCUT2D eigenvalue weighted by Gasteiger charge is 2.17. The van der Waals surface area contributed by atoms with Crippen molar-refractivity contribution in [3.63, 3.8) is 0 Å². The van der Waals surface area contributed by atoms with Gasteiger partial charge in [0, 0.05) is 12.7 Å². The summed E-state index contributed by atoms with van der Waals surface area (Å²) in [5.41, 5.74) is 1.76. The van der Waals surface area contributed by atoms with Crippen molar-refractivity contribution in [3.8, 4) is 0 Å². The zero-order valence-electron chi connectivity index (χ0n) is 10.0. The van der Waals surface area contributed by atoms with Crippen LogP contribution in [-0.4, -0.2) is 24.4 Å². The number of hydrogen-bond donors (Lipinski definition) is 1. The zero-order chi connectivity index (χ0) is 13.0. The molecule has 0 aliphatic heterocycles. The highest BCUT2D eigenvalue weighted by Crippen LogP contribution is 2.14. The molecule has 92 valence electrons. The van der Waals surface area contributed by atoms with Gasteiger partial charge in [-0.1, -0.05) is 12.1 Å². The number of nitrogens with one attached hydrogen (secondary N) is 1. The number of hydrogen-bond acceptors (Lipinski definition) is 2. The summed E-state index contributed by atoms with van der Waals surface area (Å²) in [6.07, 6.45) is 0. The van der Waals surface area contributed by atoms with E-state index in [1.165, 1.54) is 11.8 Å². The largest absolute Gasteiger partial charge is 0.328 e. The summed E-state index contributed by atoms with van der Waals surface area (Å²) in [6, 6.07) is 6.94. The van der Waals surface area contributed by atoms with Crippen LogP contribution in [0.4, 0.5) is 10.5 Å². The van der Waals surface area contributed by atoms with E-state index in [0.717, 1.165) is 11.3 Å². The summed E-state index contributed by atoms with van der Waals surface area (Å²) < 4.78 is 0. The van der Waals surface area contributed by atoms with Crippen LogP contribution in [0.3, 0.4) is 0 Å². The molecule has 4 nitrogen and oxygen atoms in total. The van der Waals surface area contributed by atoms with Crippen molar-refractivity contribution in [2.45, 2.75) is 19.2 Å². The van der Waals surface area contributed by atoms with E-state index in [1.807, 2.05) is 25.1 Å². The molecule has 1 N–H and O–H groups in total. The molecule has 0 saturated heterocycles. The van der Waals surface area contributed by atoms with Gasteiger partial charge in [0.1, 0.15) is 5.38 Å². The Morgan fingerprint density at radius 1 is 1.41 bits per heavy atom. The predicted molar refractivity (Wildman–Crippen MR) is 68.4 cm³/mol. The quantitative estimate of drug-likeness (QED) is 0.824. The molecule has 0 aromatic heterocycles. The third-order valence-corrected chi connectivity index (χ3v) is 2.48. The van der Waals surface area contributed by atoms with E-state index in [9.17, 15) is 9.59 Å².